The Morgan fingerprint density at radius 3 is 2.61 bits per heavy atom. The number of hydrogen-bond donors (Lipinski definition) is 1. The van der Waals surface area contributed by atoms with Crippen LogP contribution in [0.2, 0.25) is 0 Å². The molecule has 6 nitrogen and oxygen atoms in total. The molecule has 1 saturated carbocycles. The standard InChI is InChI=1S/C21H37N3O3.HI/c1-4-22-20(23-18-17-9-13-26-19(17)21(18,2)3)24-10-7-15(8-11-24)27-14-16-6-5-12-25-16;/h15-19H,4-14H2,1-3H3,(H,22,23);1H. The third kappa shape index (κ3) is 4.62. The maximum atomic E-state index is 6.13. The van der Waals surface area contributed by atoms with Crippen LogP contribution in [0.1, 0.15) is 52.9 Å². The van der Waals surface area contributed by atoms with Gasteiger partial charge < -0.3 is 24.4 Å². The van der Waals surface area contributed by atoms with Gasteiger partial charge in [0.1, 0.15) is 0 Å². The molecule has 0 bridgehead atoms. The Balaban J connectivity index is 0.00000225. The summed E-state index contributed by atoms with van der Waals surface area (Å²) in [6.45, 7) is 12.2. The summed E-state index contributed by atoms with van der Waals surface area (Å²) in [6.07, 6.45) is 6.74. The summed E-state index contributed by atoms with van der Waals surface area (Å²) < 4.78 is 17.8. The van der Waals surface area contributed by atoms with Crippen LogP contribution in [0.5, 0.6) is 0 Å². The normalized spacial score (nSPS) is 35.2. The van der Waals surface area contributed by atoms with Gasteiger partial charge in [0.25, 0.3) is 0 Å². The summed E-state index contributed by atoms with van der Waals surface area (Å²) in [5.41, 5.74) is 0.179. The topological polar surface area (TPSA) is 55.3 Å². The fourth-order valence-corrected chi connectivity index (χ4v) is 5.40. The van der Waals surface area contributed by atoms with Crippen molar-refractivity contribution in [2.75, 3.05) is 39.5 Å². The van der Waals surface area contributed by atoms with E-state index in [0.29, 0.717) is 30.3 Å². The summed E-state index contributed by atoms with van der Waals surface area (Å²) in [5.74, 6) is 1.72. The molecule has 4 atom stereocenters. The van der Waals surface area contributed by atoms with Crippen LogP contribution in [0.15, 0.2) is 4.99 Å². The molecule has 162 valence electrons. The minimum atomic E-state index is 0. The Hall–Kier alpha value is -0.120. The van der Waals surface area contributed by atoms with Crippen molar-refractivity contribution >= 4 is 29.9 Å². The molecule has 3 heterocycles. The highest BCUT2D eigenvalue weighted by molar-refractivity contribution is 14.0. The summed E-state index contributed by atoms with van der Waals surface area (Å²) in [5, 5.41) is 3.81. The van der Waals surface area contributed by atoms with Gasteiger partial charge in [-0.25, -0.2) is 0 Å². The molecule has 0 radical (unpaired) electrons. The molecule has 0 aromatic carbocycles. The second kappa shape index (κ2) is 9.79. The van der Waals surface area contributed by atoms with Crippen LogP contribution in [0, 0.1) is 11.3 Å². The predicted octanol–water partition coefficient (Wildman–Crippen LogP) is 3.04. The first-order chi connectivity index (χ1) is 13.1. The van der Waals surface area contributed by atoms with E-state index in [0.717, 1.165) is 64.7 Å². The minimum Gasteiger partial charge on any atom is -0.377 e. The molecule has 0 aromatic heterocycles. The van der Waals surface area contributed by atoms with Gasteiger partial charge in [-0.1, -0.05) is 13.8 Å². The molecule has 0 amide bonds. The zero-order valence-electron chi connectivity index (χ0n) is 17.7. The number of piperidine rings is 1. The summed E-state index contributed by atoms with van der Waals surface area (Å²) in [7, 11) is 0. The Bertz CT molecular complexity index is 531. The SMILES string of the molecule is CCN=C(NC1C2CCOC2C1(C)C)N1CCC(OCC2CCCO2)CC1.I. The maximum absolute atomic E-state index is 6.13. The average Bonchev–Trinajstić information content (AvgIpc) is 3.34. The Morgan fingerprint density at radius 2 is 1.93 bits per heavy atom. The van der Waals surface area contributed by atoms with Gasteiger partial charge in [-0.3, -0.25) is 4.99 Å². The van der Waals surface area contributed by atoms with E-state index >= 15 is 0 Å². The molecule has 1 N–H and O–H groups in total. The van der Waals surface area contributed by atoms with E-state index in [4.69, 9.17) is 19.2 Å². The van der Waals surface area contributed by atoms with E-state index in [-0.39, 0.29) is 29.4 Å². The zero-order chi connectivity index (χ0) is 18.9. The van der Waals surface area contributed by atoms with Gasteiger partial charge in [0.2, 0.25) is 0 Å². The fourth-order valence-electron chi connectivity index (χ4n) is 5.40. The lowest BCUT2D eigenvalue weighted by atomic mass is 9.57. The van der Waals surface area contributed by atoms with Gasteiger partial charge in [0.15, 0.2) is 5.96 Å². The first kappa shape index (κ1) is 22.6. The highest BCUT2D eigenvalue weighted by atomic mass is 127. The molecule has 4 aliphatic rings. The second-order valence-electron chi connectivity index (χ2n) is 9.14. The fraction of sp³-hybridized carbons (Fsp3) is 0.952. The van der Waals surface area contributed by atoms with Crippen molar-refractivity contribution in [2.45, 2.75) is 77.2 Å². The van der Waals surface area contributed by atoms with Crippen LogP contribution >= 0.6 is 24.0 Å². The lowest BCUT2D eigenvalue weighted by Crippen LogP contribution is -2.68. The van der Waals surface area contributed by atoms with Crippen LogP contribution in [-0.2, 0) is 14.2 Å². The van der Waals surface area contributed by atoms with Gasteiger partial charge in [0, 0.05) is 50.2 Å². The van der Waals surface area contributed by atoms with Crippen molar-refractivity contribution in [3.63, 3.8) is 0 Å². The highest BCUT2D eigenvalue weighted by Crippen LogP contribution is 2.52. The number of nitrogens with zero attached hydrogens (tertiary/aromatic N) is 2. The molecule has 0 aromatic rings. The van der Waals surface area contributed by atoms with Crippen molar-refractivity contribution in [1.82, 2.24) is 10.2 Å². The second-order valence-corrected chi connectivity index (χ2v) is 9.14. The summed E-state index contributed by atoms with van der Waals surface area (Å²) in [6, 6.07) is 0.462. The Labute approximate surface area is 187 Å². The van der Waals surface area contributed by atoms with Crippen LogP contribution < -0.4 is 5.32 Å². The first-order valence-electron chi connectivity index (χ1n) is 11.0. The third-order valence-electron chi connectivity index (χ3n) is 6.98. The number of guanidine groups is 1. The highest BCUT2D eigenvalue weighted by Gasteiger charge is 2.59. The van der Waals surface area contributed by atoms with Crippen LogP contribution in [0.25, 0.3) is 0 Å². The minimum absolute atomic E-state index is 0. The van der Waals surface area contributed by atoms with Gasteiger partial charge in [-0.2, -0.15) is 0 Å². The van der Waals surface area contributed by atoms with Crippen LogP contribution in [0.3, 0.4) is 0 Å². The molecule has 4 fully saturated rings. The van der Waals surface area contributed by atoms with Crippen molar-refractivity contribution in [1.29, 1.82) is 0 Å². The monoisotopic (exact) mass is 507 g/mol. The average molecular weight is 507 g/mol. The molecule has 3 saturated heterocycles. The lowest BCUT2D eigenvalue weighted by Gasteiger charge is -2.55. The molecule has 4 unspecified atom stereocenters. The number of halogens is 1. The van der Waals surface area contributed by atoms with Gasteiger partial charge in [-0.15, -0.1) is 24.0 Å². The smallest absolute Gasteiger partial charge is 0.194 e. The molecule has 7 heteroatoms. The molecule has 0 spiro atoms. The molecule has 28 heavy (non-hydrogen) atoms. The number of fused-ring (bicyclic) bond motifs is 1. The van der Waals surface area contributed by atoms with Crippen molar-refractivity contribution in [2.24, 2.45) is 16.3 Å². The number of ether oxygens (including phenoxy) is 3. The van der Waals surface area contributed by atoms with E-state index < -0.39 is 0 Å². The number of likely N-dealkylation sites (tertiary alicyclic amines) is 1. The number of aliphatic imine (C=N–C) groups is 1. The van der Waals surface area contributed by atoms with Crippen LogP contribution in [-0.4, -0.2) is 74.7 Å². The number of nitrogens with one attached hydrogen (secondary N) is 1. The van der Waals surface area contributed by atoms with Gasteiger partial charge in [0.05, 0.1) is 24.9 Å². The molecular weight excluding hydrogens is 469 g/mol. The maximum Gasteiger partial charge on any atom is 0.194 e. The first-order valence-corrected chi connectivity index (χ1v) is 11.0. The third-order valence-corrected chi connectivity index (χ3v) is 6.98. The van der Waals surface area contributed by atoms with E-state index in [1.807, 2.05) is 0 Å². The van der Waals surface area contributed by atoms with Gasteiger partial charge >= 0.3 is 0 Å². The lowest BCUT2D eigenvalue weighted by molar-refractivity contribution is -0.107. The number of rotatable bonds is 5. The Morgan fingerprint density at radius 1 is 1.14 bits per heavy atom. The van der Waals surface area contributed by atoms with E-state index in [1.54, 1.807) is 0 Å². The largest absolute Gasteiger partial charge is 0.377 e. The predicted molar refractivity (Wildman–Crippen MR) is 121 cm³/mol. The quantitative estimate of drug-likeness (QED) is 0.352. The molecule has 3 aliphatic heterocycles. The Kier molecular flexibility index (Phi) is 7.89. The van der Waals surface area contributed by atoms with Crippen molar-refractivity contribution < 1.29 is 14.2 Å². The van der Waals surface area contributed by atoms with Crippen molar-refractivity contribution in [3.8, 4) is 0 Å². The molecular formula is C21H38IN3O3. The number of hydrogen-bond acceptors (Lipinski definition) is 4. The summed E-state index contributed by atoms with van der Waals surface area (Å²) in [4.78, 5) is 7.24. The molecule has 4 rings (SSSR count). The van der Waals surface area contributed by atoms with E-state index in [9.17, 15) is 0 Å². The molecule has 1 aliphatic carbocycles. The van der Waals surface area contributed by atoms with E-state index in [2.05, 4.69) is 31.0 Å². The van der Waals surface area contributed by atoms with Gasteiger partial charge in [-0.05, 0) is 39.0 Å². The summed E-state index contributed by atoms with van der Waals surface area (Å²) >= 11 is 0. The van der Waals surface area contributed by atoms with Crippen molar-refractivity contribution in [3.05, 3.63) is 0 Å². The zero-order valence-corrected chi connectivity index (χ0v) is 20.0. The van der Waals surface area contributed by atoms with E-state index in [1.165, 1.54) is 12.8 Å². The van der Waals surface area contributed by atoms with Crippen LogP contribution in [0.4, 0.5) is 0 Å².